The standard InChI is InChI=1S/C26H13N3O2S/c27-14-16(15-28)11-18-13-25-26(32-18)19-10-9-17(12-24(19)31-25)29-20-5-1-3-7-22(20)30-23-8-4-2-6-21(23)29/h1-13H. The van der Waals surface area contributed by atoms with Crippen LogP contribution in [0.15, 0.2) is 82.8 Å². The van der Waals surface area contributed by atoms with E-state index in [1.54, 1.807) is 6.08 Å². The van der Waals surface area contributed by atoms with Crippen molar-refractivity contribution in [3.05, 3.63) is 83.2 Å². The summed E-state index contributed by atoms with van der Waals surface area (Å²) < 4.78 is 13.2. The highest BCUT2D eigenvalue weighted by atomic mass is 32.1. The minimum absolute atomic E-state index is 0.0742. The Bertz CT molecular complexity index is 1580. The number of ether oxygens (including phenoxy) is 1. The van der Waals surface area contributed by atoms with E-state index >= 15 is 0 Å². The van der Waals surface area contributed by atoms with Gasteiger partial charge in [-0.15, -0.1) is 11.3 Å². The van der Waals surface area contributed by atoms with Gasteiger partial charge in [-0.25, -0.2) is 0 Å². The van der Waals surface area contributed by atoms with Crippen molar-refractivity contribution in [1.82, 2.24) is 0 Å². The summed E-state index contributed by atoms with van der Waals surface area (Å²) >= 11 is 1.51. The molecule has 1 aliphatic rings. The molecule has 0 N–H and O–H groups in total. The van der Waals surface area contributed by atoms with Gasteiger partial charge in [0.25, 0.3) is 0 Å². The first-order valence-electron chi connectivity index (χ1n) is 9.89. The fraction of sp³-hybridized carbons (Fsp3) is 0. The second-order valence-corrected chi connectivity index (χ2v) is 8.36. The Morgan fingerprint density at radius 1 is 0.844 bits per heavy atom. The Morgan fingerprint density at radius 2 is 1.53 bits per heavy atom. The molecule has 0 spiro atoms. The van der Waals surface area contributed by atoms with E-state index in [0.29, 0.717) is 0 Å². The van der Waals surface area contributed by atoms with E-state index < -0.39 is 0 Å². The molecule has 2 aromatic heterocycles. The van der Waals surface area contributed by atoms with E-state index in [2.05, 4.69) is 17.0 Å². The third kappa shape index (κ3) is 2.75. The fourth-order valence-electron chi connectivity index (χ4n) is 3.98. The average Bonchev–Trinajstić information content (AvgIpc) is 3.37. The van der Waals surface area contributed by atoms with Gasteiger partial charge in [-0.05, 0) is 48.5 Å². The number of rotatable bonds is 2. The number of fused-ring (bicyclic) bond motifs is 5. The normalized spacial score (nSPS) is 11.9. The van der Waals surface area contributed by atoms with Crippen molar-refractivity contribution in [1.29, 1.82) is 10.5 Å². The molecule has 3 heterocycles. The van der Waals surface area contributed by atoms with Crippen molar-refractivity contribution < 1.29 is 9.15 Å². The molecule has 5 nitrogen and oxygen atoms in total. The van der Waals surface area contributed by atoms with E-state index in [0.717, 1.165) is 54.7 Å². The van der Waals surface area contributed by atoms with Gasteiger partial charge in [0.15, 0.2) is 11.5 Å². The van der Waals surface area contributed by atoms with Crippen LogP contribution in [0, 0.1) is 22.7 Å². The smallest absolute Gasteiger partial charge is 0.151 e. The number of thiophene rings is 1. The van der Waals surface area contributed by atoms with Crippen molar-refractivity contribution in [2.75, 3.05) is 4.90 Å². The topological polar surface area (TPSA) is 73.2 Å². The lowest BCUT2D eigenvalue weighted by Gasteiger charge is -2.32. The Kier molecular flexibility index (Phi) is 4.01. The number of hydrogen-bond donors (Lipinski definition) is 0. The predicted molar refractivity (Wildman–Crippen MR) is 126 cm³/mol. The van der Waals surface area contributed by atoms with Gasteiger partial charge in [0, 0.05) is 16.3 Å². The maximum atomic E-state index is 9.01. The van der Waals surface area contributed by atoms with Gasteiger partial charge in [0.05, 0.1) is 21.8 Å². The van der Waals surface area contributed by atoms with Crippen molar-refractivity contribution in [2.45, 2.75) is 0 Å². The van der Waals surface area contributed by atoms with Crippen molar-refractivity contribution >= 4 is 55.7 Å². The first-order chi connectivity index (χ1) is 15.7. The van der Waals surface area contributed by atoms with E-state index in [4.69, 9.17) is 19.7 Å². The summed E-state index contributed by atoms with van der Waals surface area (Å²) in [5.41, 5.74) is 4.50. The monoisotopic (exact) mass is 431 g/mol. The van der Waals surface area contributed by atoms with Crippen LogP contribution in [0.2, 0.25) is 0 Å². The molecule has 3 aromatic carbocycles. The molecule has 0 amide bonds. The SMILES string of the molecule is N#CC(C#N)=Cc1cc2oc3cc(N4c5ccccc5Oc5ccccc54)ccc3c2s1. The first-order valence-corrected chi connectivity index (χ1v) is 10.7. The molecular weight excluding hydrogens is 418 g/mol. The highest BCUT2D eigenvalue weighted by molar-refractivity contribution is 7.20. The summed E-state index contributed by atoms with van der Waals surface area (Å²) in [5.74, 6) is 1.60. The highest BCUT2D eigenvalue weighted by Crippen LogP contribution is 2.50. The predicted octanol–water partition coefficient (Wildman–Crippen LogP) is 7.65. The molecule has 5 aromatic rings. The lowest BCUT2D eigenvalue weighted by molar-refractivity contribution is 0.477. The Hall–Kier alpha value is -4.52. The summed E-state index contributed by atoms with van der Waals surface area (Å²) in [6.07, 6.45) is 1.59. The average molecular weight is 431 g/mol. The molecule has 0 radical (unpaired) electrons. The molecule has 0 atom stereocenters. The van der Waals surface area contributed by atoms with Crippen LogP contribution in [-0.4, -0.2) is 0 Å². The highest BCUT2D eigenvalue weighted by Gasteiger charge is 2.25. The number of hydrogen-bond acceptors (Lipinski definition) is 6. The van der Waals surface area contributed by atoms with Gasteiger partial charge in [0.2, 0.25) is 0 Å². The number of anilines is 3. The van der Waals surface area contributed by atoms with Crippen LogP contribution in [0.25, 0.3) is 27.3 Å². The van der Waals surface area contributed by atoms with E-state index in [1.807, 2.05) is 72.8 Å². The van der Waals surface area contributed by atoms with Gasteiger partial charge < -0.3 is 14.1 Å². The summed E-state index contributed by atoms with van der Waals surface area (Å²) in [6, 6.07) is 27.7. The third-order valence-corrected chi connectivity index (χ3v) is 6.46. The zero-order valence-electron chi connectivity index (χ0n) is 16.6. The van der Waals surface area contributed by atoms with E-state index in [9.17, 15) is 0 Å². The van der Waals surface area contributed by atoms with E-state index in [-0.39, 0.29) is 5.57 Å². The molecule has 0 unspecified atom stereocenters. The van der Waals surface area contributed by atoms with Gasteiger partial charge in [-0.1, -0.05) is 24.3 Å². The molecular formula is C26H13N3O2S. The lowest BCUT2D eigenvalue weighted by atomic mass is 10.1. The number of nitrogens with zero attached hydrogens (tertiary/aromatic N) is 3. The van der Waals surface area contributed by atoms with Gasteiger partial charge >= 0.3 is 0 Å². The van der Waals surface area contributed by atoms with Gasteiger partial charge in [-0.2, -0.15) is 10.5 Å². The maximum Gasteiger partial charge on any atom is 0.151 e. The molecule has 0 saturated heterocycles. The number of benzene rings is 3. The molecule has 6 heteroatoms. The minimum Gasteiger partial charge on any atom is -0.455 e. The Balaban J connectivity index is 1.49. The molecule has 32 heavy (non-hydrogen) atoms. The molecule has 0 saturated carbocycles. The second-order valence-electron chi connectivity index (χ2n) is 7.28. The zero-order valence-corrected chi connectivity index (χ0v) is 17.4. The van der Waals surface area contributed by atoms with Gasteiger partial charge in [-0.3, -0.25) is 0 Å². The fourth-order valence-corrected chi connectivity index (χ4v) is 5.04. The van der Waals surface area contributed by atoms with Crippen molar-refractivity contribution in [2.24, 2.45) is 0 Å². The van der Waals surface area contributed by atoms with Crippen molar-refractivity contribution in [3.63, 3.8) is 0 Å². The molecule has 0 aliphatic carbocycles. The number of para-hydroxylation sites is 4. The van der Waals surface area contributed by atoms with Crippen LogP contribution < -0.4 is 9.64 Å². The number of allylic oxidation sites excluding steroid dienone is 1. The van der Waals surface area contributed by atoms with Crippen LogP contribution in [0.1, 0.15) is 4.88 Å². The molecule has 1 aliphatic heterocycles. The van der Waals surface area contributed by atoms with E-state index in [1.165, 1.54) is 11.3 Å². The summed E-state index contributed by atoms with van der Waals surface area (Å²) in [4.78, 5) is 2.99. The second kappa shape index (κ2) is 7.02. The van der Waals surface area contributed by atoms with Crippen LogP contribution in [-0.2, 0) is 0 Å². The van der Waals surface area contributed by atoms with Crippen LogP contribution in [0.3, 0.4) is 0 Å². The molecule has 150 valence electrons. The third-order valence-electron chi connectivity index (χ3n) is 5.36. The van der Waals surface area contributed by atoms with Gasteiger partial charge in [0.1, 0.15) is 28.9 Å². The lowest BCUT2D eigenvalue weighted by Crippen LogP contribution is -2.15. The van der Waals surface area contributed by atoms with Crippen LogP contribution >= 0.6 is 11.3 Å². The van der Waals surface area contributed by atoms with Crippen LogP contribution in [0.5, 0.6) is 11.5 Å². The first kappa shape index (κ1) is 18.3. The Labute approximate surface area is 187 Å². The molecule has 6 rings (SSSR count). The van der Waals surface area contributed by atoms with Crippen LogP contribution in [0.4, 0.5) is 17.1 Å². The quantitative estimate of drug-likeness (QED) is 0.263. The number of nitriles is 2. The molecule has 0 fully saturated rings. The maximum absolute atomic E-state index is 9.01. The Morgan fingerprint density at radius 3 is 2.22 bits per heavy atom. The summed E-state index contributed by atoms with van der Waals surface area (Å²) in [5, 5.41) is 19.0. The molecule has 0 bridgehead atoms. The summed E-state index contributed by atoms with van der Waals surface area (Å²) in [6.45, 7) is 0. The number of furan rings is 1. The zero-order chi connectivity index (χ0) is 21.7. The summed E-state index contributed by atoms with van der Waals surface area (Å²) in [7, 11) is 0. The minimum atomic E-state index is 0.0742. The van der Waals surface area contributed by atoms with Crippen molar-refractivity contribution in [3.8, 4) is 23.6 Å². The largest absolute Gasteiger partial charge is 0.455 e.